The Hall–Kier alpha value is -13.5. The smallest absolute Gasteiger partial charge is 0.305 e. The molecule has 3 aromatic heterocycles. The van der Waals surface area contributed by atoms with E-state index in [0.717, 1.165) is 31.4 Å². The van der Waals surface area contributed by atoms with Gasteiger partial charge in [-0.1, -0.05) is 88.1 Å². The molecule has 714 valence electrons. The highest BCUT2D eigenvalue weighted by Crippen LogP contribution is 2.28. The third-order valence-electron chi connectivity index (χ3n) is 23.6. The SMILES string of the molecule is CCCC[C@H]1C(=O)N(C)[C@@H](CCCC)C(=O)N[C@@H](C)C(=O)N[C@H](C(=O)NCC(N)=O)CSCC(=O)N[C@@H](Cc2ccc(O)cc2)C(=O)N(C)[C@@H](C)C(=O)N[C@@H](CC(=O)O)C(=O)N2CCC[C@H]2C(=O)N[C@@H](Cc2cnc[nH]2)C(=O)N[C@@H](CCC(=O)O)C(=O)N2C[C@H](O)C[C@H]2C(=O)N[C@@H](Cc2c[nH]c3ccccc23)C(=O)N[C@@H](CCN)C(=O)N[C@@H](Cc2c[nH]c3ccccc23)C(=O)N1C. The maximum atomic E-state index is 15.7. The molecular formula is C88H119N21O22S. The number of benzene rings is 3. The number of aromatic nitrogens is 4. The van der Waals surface area contributed by atoms with Crippen LogP contribution in [0.25, 0.3) is 21.8 Å². The number of para-hydroxylation sites is 2. The summed E-state index contributed by atoms with van der Waals surface area (Å²) in [7, 11) is 3.90. The first-order valence-corrected chi connectivity index (χ1v) is 45.0. The third kappa shape index (κ3) is 27.8. The van der Waals surface area contributed by atoms with Gasteiger partial charge in [0.15, 0.2) is 0 Å². The first-order valence-electron chi connectivity index (χ1n) is 43.8. The van der Waals surface area contributed by atoms with E-state index in [4.69, 9.17) is 11.5 Å². The Kier molecular flexibility index (Phi) is 37.5. The van der Waals surface area contributed by atoms with Gasteiger partial charge >= 0.3 is 11.9 Å². The number of aromatic amines is 3. The summed E-state index contributed by atoms with van der Waals surface area (Å²) in [5.74, 6) is -19.6. The van der Waals surface area contributed by atoms with Gasteiger partial charge in [0.05, 0.1) is 31.1 Å². The number of carboxylic acid groups (broad SMARTS) is 2. The zero-order chi connectivity index (χ0) is 96.3. The minimum atomic E-state index is -1.94. The molecule has 0 aliphatic carbocycles. The van der Waals surface area contributed by atoms with Crippen LogP contribution in [0.2, 0.25) is 0 Å². The van der Waals surface area contributed by atoms with Crippen LogP contribution in [-0.2, 0) is 112 Å². The van der Waals surface area contributed by atoms with Crippen molar-refractivity contribution < 1.29 is 107 Å². The number of thioether (sulfide) groups is 1. The average Bonchev–Trinajstić information content (AvgIpc) is 1.20. The molecule has 0 unspecified atom stereocenters. The molecule has 3 aliphatic heterocycles. The minimum absolute atomic E-state index is 0.0195. The highest BCUT2D eigenvalue weighted by molar-refractivity contribution is 8.00. The van der Waals surface area contributed by atoms with Gasteiger partial charge in [0, 0.05) is 125 Å². The second-order valence-electron chi connectivity index (χ2n) is 33.3. The molecule has 6 heterocycles. The maximum absolute atomic E-state index is 15.7. The van der Waals surface area contributed by atoms with Crippen molar-refractivity contribution in [2.75, 3.05) is 58.8 Å². The number of unbranched alkanes of at least 4 members (excludes halogenated alkanes) is 2. The number of likely N-dealkylation sites (N-methyl/N-ethyl adjacent to an activating group) is 3. The van der Waals surface area contributed by atoms with Crippen LogP contribution in [0.15, 0.2) is 97.7 Å². The number of imidazole rings is 1. The maximum Gasteiger partial charge on any atom is 0.305 e. The van der Waals surface area contributed by atoms with Crippen molar-refractivity contribution in [2.24, 2.45) is 11.5 Å². The summed E-state index contributed by atoms with van der Waals surface area (Å²) in [5.41, 5.74) is 14.5. The predicted molar refractivity (Wildman–Crippen MR) is 479 cm³/mol. The standard InChI is InChI=1S/C88H119N21O22S/c1-8-10-21-67-81(124)96-47(3)75(118)104-66(77(120)94-42-71(90)112)44-132-45-72(113)97-63(33-49-24-26-53(110)27-25-49)84(127)105(5)48(4)76(119)102-65(38-74(116)117)87(130)108-32-16-23-68(108)82(125)101-62(36-52-41-91-46-95-52)80(123)99-60(28-29-73(114)115)86(129)109-43-54(111)37-70(109)83(126)100-61(34-50-39-92-57-19-14-12-17-55(50)57)79(122)98-59(30-31-89)78(121)103-64(35-51-40-93-58-20-15-13-18-56(51)58)85(128)107(7)69(22-11-9-2)88(131)106(67)6/h12-15,17-20,24-27,39-41,46-48,54,59-70,92-93,110-111H,8-11,16,21-23,28-38,42-45,89H2,1-7H3,(H2,90,112)(H,91,95)(H,94,120)(H,96,124)(H,97,113)(H,98,122)(H,99,123)(H,100,126)(H,101,125)(H,102,119)(H,103,121)(H,104,118)(H,114,115)(H,116,117)/t47-,48-,54+,59-,60-,61-,62-,63-,64-,65-,66-,67-,68-,69-,70-/m0/s1. The molecule has 0 bridgehead atoms. The lowest BCUT2D eigenvalue weighted by Gasteiger charge is -2.36. The number of phenolic OH excluding ortho intramolecular Hbond substituents is 1. The number of phenols is 1. The molecule has 16 amide bonds. The molecule has 43 nitrogen and oxygen atoms in total. The molecule has 3 aliphatic rings. The van der Waals surface area contributed by atoms with Crippen molar-refractivity contribution in [3.63, 3.8) is 0 Å². The van der Waals surface area contributed by atoms with Gasteiger partial charge in [0.25, 0.3) is 0 Å². The second kappa shape index (κ2) is 48.4. The van der Waals surface area contributed by atoms with Crippen LogP contribution in [0.4, 0.5) is 0 Å². The summed E-state index contributed by atoms with van der Waals surface area (Å²) >= 11 is 0.763. The number of hydrogen-bond acceptors (Lipinski definition) is 23. The molecule has 9 rings (SSSR count). The number of aliphatic hydroxyl groups is 1. The van der Waals surface area contributed by atoms with Gasteiger partial charge in [-0.3, -0.25) is 86.3 Å². The van der Waals surface area contributed by atoms with Crippen molar-refractivity contribution in [3.05, 3.63) is 120 Å². The number of nitrogens with zero attached hydrogens (tertiary/aromatic N) is 6. The first kappa shape index (κ1) is 102. The number of rotatable bonds is 24. The van der Waals surface area contributed by atoms with Crippen LogP contribution < -0.4 is 64.6 Å². The number of nitrogens with two attached hydrogens (primary N) is 2. The van der Waals surface area contributed by atoms with Crippen LogP contribution in [0.1, 0.15) is 134 Å². The number of aliphatic carboxylic acids is 2. The van der Waals surface area contributed by atoms with E-state index in [-0.39, 0.29) is 75.9 Å². The number of fused-ring (bicyclic) bond motifs is 4. The van der Waals surface area contributed by atoms with E-state index in [2.05, 4.69) is 73.1 Å². The summed E-state index contributed by atoms with van der Waals surface area (Å²) in [5, 5.41) is 69.2. The summed E-state index contributed by atoms with van der Waals surface area (Å²) in [6.07, 6.45) is 1.58. The normalized spacial score (nSPS) is 25.0. The van der Waals surface area contributed by atoms with Gasteiger partial charge in [0.1, 0.15) is 90.3 Å². The lowest BCUT2D eigenvalue weighted by atomic mass is 10.00. The summed E-state index contributed by atoms with van der Waals surface area (Å²) in [4.78, 5) is 279. The zero-order valence-corrected chi connectivity index (χ0v) is 75.4. The highest BCUT2D eigenvalue weighted by atomic mass is 32.2. The summed E-state index contributed by atoms with van der Waals surface area (Å²) < 4.78 is 0. The number of carbonyl (C=O) groups is 18. The minimum Gasteiger partial charge on any atom is -0.508 e. The van der Waals surface area contributed by atoms with Gasteiger partial charge < -0.3 is 125 Å². The third-order valence-corrected chi connectivity index (χ3v) is 24.7. The topological polar surface area (TPSA) is 637 Å². The van der Waals surface area contributed by atoms with Crippen molar-refractivity contribution in [2.45, 2.75) is 228 Å². The Morgan fingerprint density at radius 3 is 1.68 bits per heavy atom. The van der Waals surface area contributed by atoms with Gasteiger partial charge in [0.2, 0.25) is 94.5 Å². The number of amides is 16. The molecule has 21 N–H and O–H groups in total. The number of nitrogens with one attached hydrogen (secondary N) is 13. The lowest BCUT2D eigenvalue weighted by Crippen LogP contribution is -2.61. The largest absolute Gasteiger partial charge is 0.508 e. The van der Waals surface area contributed by atoms with Crippen molar-refractivity contribution in [3.8, 4) is 5.75 Å². The number of primary amides is 1. The second-order valence-corrected chi connectivity index (χ2v) is 34.3. The van der Waals surface area contributed by atoms with Gasteiger partial charge in [-0.2, -0.15) is 0 Å². The van der Waals surface area contributed by atoms with E-state index in [1.807, 2.05) is 13.8 Å². The number of carboxylic acids is 2. The molecule has 0 radical (unpaired) electrons. The Labute approximate surface area is 764 Å². The molecule has 44 heteroatoms. The molecule has 132 heavy (non-hydrogen) atoms. The van der Waals surface area contributed by atoms with Crippen molar-refractivity contribution in [1.82, 2.24) is 97.6 Å². The number of hydrogen-bond donors (Lipinski definition) is 19. The van der Waals surface area contributed by atoms with Crippen molar-refractivity contribution >= 4 is 140 Å². The van der Waals surface area contributed by atoms with Crippen LogP contribution in [-0.4, -0.2) is 321 Å². The molecular weight excluding hydrogens is 1740 g/mol. The fourth-order valence-electron chi connectivity index (χ4n) is 16.2. The lowest BCUT2D eigenvalue weighted by molar-refractivity contribution is -0.149. The van der Waals surface area contributed by atoms with E-state index in [1.54, 1.807) is 60.9 Å². The van der Waals surface area contributed by atoms with E-state index < -0.39 is 254 Å². The molecule has 0 spiro atoms. The van der Waals surface area contributed by atoms with Crippen LogP contribution in [0, 0.1) is 0 Å². The monoisotopic (exact) mass is 1850 g/mol. The molecule has 3 saturated heterocycles. The quantitative estimate of drug-likeness (QED) is 0.0300. The molecule has 3 aromatic carbocycles. The molecule has 0 saturated carbocycles. The Bertz CT molecular complexity index is 5150. The number of H-pyrrole nitrogens is 3. The summed E-state index contributed by atoms with van der Waals surface area (Å²) in [6.45, 7) is 4.45. The van der Waals surface area contributed by atoms with Gasteiger partial charge in [-0.15, -0.1) is 11.8 Å². The number of carbonyl (C=O) groups excluding carboxylic acids is 16. The fourth-order valence-corrected chi connectivity index (χ4v) is 17.0. The van der Waals surface area contributed by atoms with E-state index in [1.165, 1.54) is 76.7 Å². The zero-order valence-electron chi connectivity index (χ0n) is 74.5. The molecule has 3 fully saturated rings. The number of aliphatic hydroxyl groups excluding tert-OH is 1. The Morgan fingerprint density at radius 1 is 0.538 bits per heavy atom. The highest BCUT2D eigenvalue weighted by Gasteiger charge is 2.47. The summed E-state index contributed by atoms with van der Waals surface area (Å²) in [6, 6.07) is -2.66. The van der Waals surface area contributed by atoms with E-state index in [9.17, 15) is 73.2 Å². The van der Waals surface area contributed by atoms with Crippen LogP contribution in [0.5, 0.6) is 5.75 Å². The predicted octanol–water partition coefficient (Wildman–Crippen LogP) is -2.40. The average molecular weight is 1860 g/mol. The molecule has 15 atom stereocenters. The van der Waals surface area contributed by atoms with E-state index >= 15 is 33.6 Å². The van der Waals surface area contributed by atoms with Gasteiger partial charge in [-0.05, 0) is 99.9 Å². The first-order chi connectivity index (χ1) is 62.9. The van der Waals surface area contributed by atoms with Crippen LogP contribution in [0.3, 0.4) is 0 Å². The van der Waals surface area contributed by atoms with Gasteiger partial charge in [-0.25, -0.2) is 4.98 Å². The number of aromatic hydroxyl groups is 1. The molecule has 6 aromatic rings. The van der Waals surface area contributed by atoms with Crippen LogP contribution >= 0.6 is 11.8 Å². The Balaban J connectivity index is 1.09. The fraction of sp³-hybridized carbons (Fsp3) is 0.511. The van der Waals surface area contributed by atoms with E-state index in [0.29, 0.717) is 64.2 Å². The Morgan fingerprint density at radius 2 is 1.08 bits per heavy atom. The van der Waals surface area contributed by atoms with Crippen molar-refractivity contribution in [1.29, 1.82) is 0 Å².